The van der Waals surface area contributed by atoms with Gasteiger partial charge in [-0.25, -0.2) is 4.68 Å². The molecule has 1 aromatic heterocycles. The van der Waals surface area contributed by atoms with Crippen LogP contribution in [0.1, 0.15) is 15.9 Å². The SMILES string of the molecule is COc1cc(C(=O)NCC(=O)NCc2ccc(-n3cccn3)cc2)ccc1OC(F)F. The van der Waals surface area contributed by atoms with E-state index in [2.05, 4.69) is 20.5 Å². The van der Waals surface area contributed by atoms with Crippen molar-refractivity contribution in [2.75, 3.05) is 13.7 Å². The third-order valence-electron chi connectivity index (χ3n) is 4.25. The molecule has 0 saturated heterocycles. The highest BCUT2D eigenvalue weighted by Gasteiger charge is 2.15. The summed E-state index contributed by atoms with van der Waals surface area (Å²) in [7, 11) is 1.27. The van der Waals surface area contributed by atoms with Gasteiger partial charge in [0, 0.05) is 24.5 Å². The number of ether oxygens (including phenoxy) is 2. The molecule has 0 unspecified atom stereocenters. The fraction of sp³-hybridized carbons (Fsp3) is 0.190. The first-order valence-corrected chi connectivity index (χ1v) is 9.23. The highest BCUT2D eigenvalue weighted by atomic mass is 19.3. The maximum absolute atomic E-state index is 12.4. The van der Waals surface area contributed by atoms with Crippen LogP contribution in [0.15, 0.2) is 60.9 Å². The molecule has 0 saturated carbocycles. The Hall–Kier alpha value is -3.95. The fourth-order valence-corrected chi connectivity index (χ4v) is 2.72. The Bertz CT molecular complexity index is 1020. The van der Waals surface area contributed by atoms with Gasteiger partial charge in [-0.05, 0) is 42.0 Å². The zero-order valence-electron chi connectivity index (χ0n) is 16.5. The van der Waals surface area contributed by atoms with E-state index in [0.717, 1.165) is 11.3 Å². The summed E-state index contributed by atoms with van der Waals surface area (Å²) in [6.45, 7) is -2.97. The first-order valence-electron chi connectivity index (χ1n) is 9.23. The summed E-state index contributed by atoms with van der Waals surface area (Å²) in [5.41, 5.74) is 1.92. The molecule has 0 radical (unpaired) electrons. The molecule has 0 aliphatic heterocycles. The van der Waals surface area contributed by atoms with Gasteiger partial charge in [-0.15, -0.1) is 0 Å². The molecule has 1 heterocycles. The number of aromatic nitrogens is 2. The molecule has 162 valence electrons. The number of rotatable bonds is 9. The Morgan fingerprint density at radius 1 is 1.10 bits per heavy atom. The molecule has 0 aliphatic rings. The third-order valence-corrected chi connectivity index (χ3v) is 4.25. The number of hydrogen-bond donors (Lipinski definition) is 2. The number of alkyl halides is 2. The van der Waals surface area contributed by atoms with E-state index in [4.69, 9.17) is 4.74 Å². The van der Waals surface area contributed by atoms with E-state index in [0.29, 0.717) is 6.54 Å². The Balaban J connectivity index is 1.48. The second-order valence-corrected chi connectivity index (χ2v) is 6.32. The molecular weight excluding hydrogens is 410 g/mol. The van der Waals surface area contributed by atoms with E-state index >= 15 is 0 Å². The van der Waals surface area contributed by atoms with Gasteiger partial charge in [0.15, 0.2) is 11.5 Å². The van der Waals surface area contributed by atoms with Gasteiger partial charge in [-0.1, -0.05) is 12.1 Å². The van der Waals surface area contributed by atoms with Crippen LogP contribution in [-0.2, 0) is 11.3 Å². The molecule has 3 rings (SSSR count). The van der Waals surface area contributed by atoms with Crippen molar-refractivity contribution in [2.45, 2.75) is 13.2 Å². The molecule has 2 aromatic carbocycles. The number of carbonyl (C=O) groups is 2. The lowest BCUT2D eigenvalue weighted by molar-refractivity contribution is -0.120. The number of benzene rings is 2. The zero-order chi connectivity index (χ0) is 22.2. The molecule has 0 fully saturated rings. The van der Waals surface area contributed by atoms with E-state index in [1.54, 1.807) is 10.9 Å². The number of amides is 2. The highest BCUT2D eigenvalue weighted by Crippen LogP contribution is 2.29. The summed E-state index contributed by atoms with van der Waals surface area (Å²) < 4.78 is 35.8. The summed E-state index contributed by atoms with van der Waals surface area (Å²) in [6.07, 6.45) is 3.51. The predicted octanol–water partition coefficient (Wildman–Crippen LogP) is 2.53. The summed E-state index contributed by atoms with van der Waals surface area (Å²) in [6, 6.07) is 13.1. The van der Waals surface area contributed by atoms with Gasteiger partial charge in [-0.3, -0.25) is 9.59 Å². The molecule has 0 bridgehead atoms. The van der Waals surface area contributed by atoms with Gasteiger partial charge in [0.05, 0.1) is 19.3 Å². The summed E-state index contributed by atoms with van der Waals surface area (Å²) in [5, 5.41) is 9.32. The zero-order valence-corrected chi connectivity index (χ0v) is 16.5. The van der Waals surface area contributed by atoms with Crippen LogP contribution in [0.25, 0.3) is 5.69 Å². The minimum atomic E-state index is -3.01. The van der Waals surface area contributed by atoms with Gasteiger partial charge in [0.1, 0.15) is 0 Å². The smallest absolute Gasteiger partial charge is 0.387 e. The van der Waals surface area contributed by atoms with E-state index in [9.17, 15) is 18.4 Å². The van der Waals surface area contributed by atoms with Crippen LogP contribution in [-0.4, -0.2) is 41.9 Å². The second kappa shape index (κ2) is 10.2. The lowest BCUT2D eigenvalue weighted by atomic mass is 10.2. The van der Waals surface area contributed by atoms with Crippen molar-refractivity contribution in [3.63, 3.8) is 0 Å². The molecular formula is C21H20F2N4O4. The maximum Gasteiger partial charge on any atom is 0.387 e. The number of methoxy groups -OCH3 is 1. The van der Waals surface area contributed by atoms with Crippen molar-refractivity contribution in [1.82, 2.24) is 20.4 Å². The quantitative estimate of drug-likeness (QED) is 0.544. The van der Waals surface area contributed by atoms with Gasteiger partial charge in [0.25, 0.3) is 5.91 Å². The highest BCUT2D eigenvalue weighted by molar-refractivity contribution is 5.97. The standard InChI is InChI=1S/C21H20F2N4O4/c1-30-18-11-15(5-8-17(18)31-21(22)23)20(29)25-13-19(28)24-12-14-3-6-16(7-4-14)27-10-2-9-26-27/h2-11,21H,12-13H2,1H3,(H,24,28)(H,25,29). The first-order chi connectivity index (χ1) is 15.0. The predicted molar refractivity (Wildman–Crippen MR) is 107 cm³/mol. The summed E-state index contributed by atoms with van der Waals surface area (Å²) >= 11 is 0. The van der Waals surface area contributed by atoms with Gasteiger partial charge >= 0.3 is 6.61 Å². The Kier molecular flexibility index (Phi) is 7.15. The molecule has 10 heteroatoms. The summed E-state index contributed by atoms with van der Waals surface area (Å²) in [4.78, 5) is 24.3. The first kappa shape index (κ1) is 21.8. The normalized spacial score (nSPS) is 10.6. The van der Waals surface area contributed by atoms with Crippen LogP contribution < -0.4 is 20.1 Å². The number of hydrogen-bond acceptors (Lipinski definition) is 5. The Labute approximate surface area is 176 Å². The second-order valence-electron chi connectivity index (χ2n) is 6.32. The molecule has 0 aliphatic carbocycles. The van der Waals surface area contributed by atoms with Crippen molar-refractivity contribution in [1.29, 1.82) is 0 Å². The average Bonchev–Trinajstić information content (AvgIpc) is 3.31. The van der Waals surface area contributed by atoms with Gasteiger partial charge < -0.3 is 20.1 Å². The molecule has 8 nitrogen and oxygen atoms in total. The average molecular weight is 430 g/mol. The Morgan fingerprint density at radius 3 is 2.52 bits per heavy atom. The molecule has 2 amide bonds. The third kappa shape index (κ3) is 6.01. The van der Waals surface area contributed by atoms with Crippen molar-refractivity contribution < 1.29 is 27.8 Å². The lowest BCUT2D eigenvalue weighted by Crippen LogP contribution is -2.36. The molecule has 0 spiro atoms. The van der Waals surface area contributed by atoms with Crippen LogP contribution in [0, 0.1) is 0 Å². The Morgan fingerprint density at radius 2 is 1.87 bits per heavy atom. The number of nitrogens with one attached hydrogen (secondary N) is 2. The molecule has 31 heavy (non-hydrogen) atoms. The van der Waals surface area contributed by atoms with Crippen LogP contribution >= 0.6 is 0 Å². The largest absolute Gasteiger partial charge is 0.493 e. The summed E-state index contributed by atoms with van der Waals surface area (Å²) in [5.74, 6) is -1.14. The van der Waals surface area contributed by atoms with Crippen molar-refractivity contribution in [2.24, 2.45) is 0 Å². The molecule has 3 aromatic rings. The van der Waals surface area contributed by atoms with Crippen molar-refractivity contribution >= 4 is 11.8 Å². The van der Waals surface area contributed by atoms with Gasteiger partial charge in [0.2, 0.25) is 5.91 Å². The van der Waals surface area contributed by atoms with E-state index < -0.39 is 12.5 Å². The van der Waals surface area contributed by atoms with Crippen molar-refractivity contribution in [3.05, 3.63) is 72.1 Å². The molecule has 2 N–H and O–H groups in total. The van der Waals surface area contributed by atoms with E-state index in [1.165, 1.54) is 25.3 Å². The van der Waals surface area contributed by atoms with Crippen LogP contribution in [0.5, 0.6) is 11.5 Å². The number of nitrogens with zero attached hydrogens (tertiary/aromatic N) is 2. The van der Waals surface area contributed by atoms with Crippen LogP contribution in [0.3, 0.4) is 0 Å². The van der Waals surface area contributed by atoms with Crippen molar-refractivity contribution in [3.8, 4) is 17.2 Å². The number of halogens is 2. The maximum atomic E-state index is 12.4. The minimum Gasteiger partial charge on any atom is -0.493 e. The van der Waals surface area contributed by atoms with E-state index in [-0.39, 0.29) is 29.5 Å². The van der Waals surface area contributed by atoms with E-state index in [1.807, 2.05) is 36.5 Å². The lowest BCUT2D eigenvalue weighted by Gasteiger charge is -2.12. The fourth-order valence-electron chi connectivity index (χ4n) is 2.72. The van der Waals surface area contributed by atoms with Crippen LogP contribution in [0.2, 0.25) is 0 Å². The monoisotopic (exact) mass is 430 g/mol. The van der Waals surface area contributed by atoms with Crippen LogP contribution in [0.4, 0.5) is 8.78 Å². The number of carbonyl (C=O) groups excluding carboxylic acids is 2. The molecule has 0 atom stereocenters. The topological polar surface area (TPSA) is 94.5 Å². The minimum absolute atomic E-state index is 0.0176. The van der Waals surface area contributed by atoms with Gasteiger partial charge in [-0.2, -0.15) is 13.9 Å².